The summed E-state index contributed by atoms with van der Waals surface area (Å²) in [5.41, 5.74) is 2.94. The number of carbonyl (C=O) groups is 2. The summed E-state index contributed by atoms with van der Waals surface area (Å²) >= 11 is 0. The third kappa shape index (κ3) is 5.38. The lowest BCUT2D eigenvalue weighted by atomic mass is 10.0. The Morgan fingerprint density at radius 1 is 1.07 bits per heavy atom. The minimum absolute atomic E-state index is 0.296. The van der Waals surface area contributed by atoms with Gasteiger partial charge in [0.1, 0.15) is 11.6 Å². The predicted molar refractivity (Wildman–Crippen MR) is 115 cm³/mol. The van der Waals surface area contributed by atoms with Crippen LogP contribution in [0, 0.1) is 6.92 Å². The number of hydrogen-bond acceptors (Lipinski definition) is 3. The van der Waals surface area contributed by atoms with Gasteiger partial charge in [0.25, 0.3) is 0 Å². The van der Waals surface area contributed by atoms with E-state index in [1.54, 1.807) is 20.8 Å². The van der Waals surface area contributed by atoms with Crippen LogP contribution in [0.4, 0.5) is 10.5 Å². The van der Waals surface area contributed by atoms with Crippen LogP contribution in [0.3, 0.4) is 0 Å². The van der Waals surface area contributed by atoms with Crippen molar-refractivity contribution in [3.63, 3.8) is 0 Å². The van der Waals surface area contributed by atoms with Crippen LogP contribution in [0.1, 0.15) is 31.9 Å². The van der Waals surface area contributed by atoms with Crippen molar-refractivity contribution in [3.8, 4) is 0 Å². The molecule has 152 valence electrons. The average Bonchev–Trinajstić information content (AvgIpc) is 3.04. The van der Waals surface area contributed by atoms with E-state index in [4.69, 9.17) is 4.74 Å². The number of aromatic nitrogens is 1. The van der Waals surface area contributed by atoms with E-state index in [0.29, 0.717) is 12.1 Å². The average molecular weight is 393 g/mol. The summed E-state index contributed by atoms with van der Waals surface area (Å²) in [6.45, 7) is 7.28. The van der Waals surface area contributed by atoms with Crippen LogP contribution in [0.5, 0.6) is 0 Å². The molecule has 6 heteroatoms. The topological polar surface area (TPSA) is 83.2 Å². The molecule has 29 heavy (non-hydrogen) atoms. The molecule has 1 atom stereocenters. The lowest BCUT2D eigenvalue weighted by molar-refractivity contribution is -0.118. The number of carbonyl (C=O) groups excluding carboxylic acids is 2. The van der Waals surface area contributed by atoms with E-state index in [2.05, 4.69) is 15.6 Å². The van der Waals surface area contributed by atoms with Gasteiger partial charge >= 0.3 is 6.09 Å². The quantitative estimate of drug-likeness (QED) is 0.595. The van der Waals surface area contributed by atoms with E-state index in [1.807, 2.05) is 61.7 Å². The van der Waals surface area contributed by atoms with E-state index in [0.717, 1.165) is 22.0 Å². The van der Waals surface area contributed by atoms with Crippen LogP contribution in [0.25, 0.3) is 10.9 Å². The molecule has 0 saturated carbocycles. The van der Waals surface area contributed by atoms with Crippen molar-refractivity contribution in [2.75, 3.05) is 5.32 Å². The van der Waals surface area contributed by atoms with Gasteiger partial charge in [0.15, 0.2) is 0 Å². The summed E-state index contributed by atoms with van der Waals surface area (Å²) in [5.74, 6) is -0.296. The molecule has 0 fully saturated rings. The second kappa shape index (κ2) is 8.39. The van der Waals surface area contributed by atoms with Gasteiger partial charge in [0.05, 0.1) is 0 Å². The van der Waals surface area contributed by atoms with Gasteiger partial charge in [0.2, 0.25) is 5.91 Å². The molecule has 2 amide bonds. The Bertz CT molecular complexity index is 1020. The minimum Gasteiger partial charge on any atom is -0.444 e. The molecule has 1 heterocycles. The van der Waals surface area contributed by atoms with E-state index < -0.39 is 17.7 Å². The maximum atomic E-state index is 13.0. The number of fused-ring (bicyclic) bond motifs is 1. The lowest BCUT2D eigenvalue weighted by Gasteiger charge is -2.23. The maximum absolute atomic E-state index is 13.0. The van der Waals surface area contributed by atoms with Crippen LogP contribution in [-0.4, -0.2) is 28.6 Å². The third-order valence-corrected chi connectivity index (χ3v) is 4.51. The monoisotopic (exact) mass is 393 g/mol. The summed E-state index contributed by atoms with van der Waals surface area (Å²) in [4.78, 5) is 28.6. The first kappa shape index (κ1) is 20.5. The van der Waals surface area contributed by atoms with Crippen molar-refractivity contribution in [3.05, 3.63) is 65.9 Å². The molecule has 3 aromatic rings. The summed E-state index contributed by atoms with van der Waals surface area (Å²) in [6.07, 6.45) is 1.58. The second-order valence-electron chi connectivity index (χ2n) is 8.07. The first-order chi connectivity index (χ1) is 13.7. The number of alkyl carbamates (subject to hydrolysis) is 1. The SMILES string of the molecule is Cc1ccccc1NC(=O)[C@@H](Cc1c[nH]c2ccccc12)NC(=O)OC(C)(C)C. The molecule has 0 aliphatic carbocycles. The number of ether oxygens (including phenoxy) is 1. The summed E-state index contributed by atoms with van der Waals surface area (Å²) in [6, 6.07) is 14.6. The zero-order valence-electron chi connectivity index (χ0n) is 17.2. The van der Waals surface area contributed by atoms with Crippen LogP contribution in [-0.2, 0) is 16.0 Å². The van der Waals surface area contributed by atoms with Gasteiger partial charge in [-0.05, 0) is 51.0 Å². The molecule has 0 aliphatic rings. The molecule has 6 nitrogen and oxygen atoms in total. The number of anilines is 1. The number of para-hydroxylation sites is 2. The van der Waals surface area contributed by atoms with Crippen molar-refractivity contribution in [1.82, 2.24) is 10.3 Å². The highest BCUT2D eigenvalue weighted by Gasteiger charge is 2.26. The first-order valence-electron chi connectivity index (χ1n) is 9.64. The highest BCUT2D eigenvalue weighted by molar-refractivity contribution is 5.97. The molecule has 0 spiro atoms. The lowest BCUT2D eigenvalue weighted by Crippen LogP contribution is -2.47. The van der Waals surface area contributed by atoms with Crippen molar-refractivity contribution < 1.29 is 14.3 Å². The fraction of sp³-hybridized carbons (Fsp3) is 0.304. The Hall–Kier alpha value is -3.28. The van der Waals surface area contributed by atoms with Crippen LogP contribution in [0.2, 0.25) is 0 Å². The number of benzene rings is 2. The second-order valence-corrected chi connectivity index (χ2v) is 8.07. The van der Waals surface area contributed by atoms with Gasteiger partial charge in [-0.2, -0.15) is 0 Å². The zero-order valence-corrected chi connectivity index (χ0v) is 17.2. The van der Waals surface area contributed by atoms with E-state index >= 15 is 0 Å². The highest BCUT2D eigenvalue weighted by atomic mass is 16.6. The van der Waals surface area contributed by atoms with E-state index in [-0.39, 0.29) is 5.91 Å². The number of hydrogen-bond donors (Lipinski definition) is 3. The summed E-state index contributed by atoms with van der Waals surface area (Å²) in [7, 11) is 0. The number of nitrogens with one attached hydrogen (secondary N) is 3. The van der Waals surface area contributed by atoms with Gasteiger partial charge in [-0.1, -0.05) is 36.4 Å². The molecule has 3 N–H and O–H groups in total. The standard InChI is InChI=1S/C23H27N3O3/c1-15-9-5-7-11-18(15)25-21(27)20(26-22(28)29-23(2,3)4)13-16-14-24-19-12-8-6-10-17(16)19/h5-12,14,20,24H,13H2,1-4H3,(H,25,27)(H,26,28)/t20-/m1/s1. The molecular weight excluding hydrogens is 366 g/mol. The van der Waals surface area contributed by atoms with Crippen LogP contribution in [0.15, 0.2) is 54.7 Å². The molecule has 1 aromatic heterocycles. The molecule has 0 radical (unpaired) electrons. The number of amides is 2. The van der Waals surface area contributed by atoms with Gasteiger partial charge < -0.3 is 20.4 Å². The molecule has 2 aromatic carbocycles. The minimum atomic E-state index is -0.788. The van der Waals surface area contributed by atoms with Crippen LogP contribution < -0.4 is 10.6 Å². The number of aromatic amines is 1. The Morgan fingerprint density at radius 3 is 2.48 bits per heavy atom. The molecule has 0 bridgehead atoms. The largest absolute Gasteiger partial charge is 0.444 e. The van der Waals surface area contributed by atoms with E-state index in [1.165, 1.54) is 0 Å². The Kier molecular flexibility index (Phi) is 5.92. The van der Waals surface area contributed by atoms with Crippen molar-refractivity contribution in [2.45, 2.75) is 45.8 Å². The van der Waals surface area contributed by atoms with Crippen molar-refractivity contribution in [2.24, 2.45) is 0 Å². The number of H-pyrrole nitrogens is 1. The fourth-order valence-electron chi connectivity index (χ4n) is 3.11. The molecule has 3 rings (SSSR count). The Morgan fingerprint density at radius 2 is 1.76 bits per heavy atom. The Labute approximate surface area is 170 Å². The first-order valence-corrected chi connectivity index (χ1v) is 9.64. The number of rotatable bonds is 5. The Balaban J connectivity index is 1.83. The van der Waals surface area contributed by atoms with E-state index in [9.17, 15) is 9.59 Å². The van der Waals surface area contributed by atoms with Gasteiger partial charge in [0, 0.05) is 29.2 Å². The zero-order chi connectivity index (χ0) is 21.0. The summed E-state index contributed by atoms with van der Waals surface area (Å²) < 4.78 is 5.36. The smallest absolute Gasteiger partial charge is 0.408 e. The predicted octanol–water partition coefficient (Wildman–Crippen LogP) is 4.55. The van der Waals surface area contributed by atoms with Crippen molar-refractivity contribution >= 4 is 28.6 Å². The molecule has 0 unspecified atom stereocenters. The third-order valence-electron chi connectivity index (χ3n) is 4.51. The fourth-order valence-corrected chi connectivity index (χ4v) is 3.11. The molecule has 0 aliphatic heterocycles. The van der Waals surface area contributed by atoms with Gasteiger partial charge in [-0.3, -0.25) is 4.79 Å². The van der Waals surface area contributed by atoms with Crippen molar-refractivity contribution in [1.29, 1.82) is 0 Å². The van der Waals surface area contributed by atoms with Gasteiger partial charge in [-0.25, -0.2) is 4.79 Å². The highest BCUT2D eigenvalue weighted by Crippen LogP contribution is 2.20. The normalized spacial score (nSPS) is 12.4. The van der Waals surface area contributed by atoms with Crippen LogP contribution >= 0.6 is 0 Å². The van der Waals surface area contributed by atoms with Gasteiger partial charge in [-0.15, -0.1) is 0 Å². The summed E-state index contributed by atoms with van der Waals surface area (Å²) in [5, 5.41) is 6.67. The molecule has 0 saturated heterocycles. The maximum Gasteiger partial charge on any atom is 0.408 e. The number of aryl methyl sites for hydroxylation is 1. The molecular formula is C23H27N3O3.